The Morgan fingerprint density at radius 3 is 2.57 bits per heavy atom. The van der Waals surface area contributed by atoms with E-state index < -0.39 is 0 Å². The minimum absolute atomic E-state index is 0.00456. The van der Waals surface area contributed by atoms with Gasteiger partial charge in [-0.15, -0.1) is 0 Å². The summed E-state index contributed by atoms with van der Waals surface area (Å²) in [4.78, 5) is 14.1. The quantitative estimate of drug-likeness (QED) is 0.552. The highest BCUT2D eigenvalue weighted by Gasteiger charge is 2.54. The lowest BCUT2D eigenvalue weighted by atomic mass is 9.90. The monoisotopic (exact) mass is 197 g/mol. The summed E-state index contributed by atoms with van der Waals surface area (Å²) in [5.74, 6) is 0.00456. The van der Waals surface area contributed by atoms with Crippen LogP contribution in [0.1, 0.15) is 40.0 Å². The average Bonchev–Trinajstić information content (AvgIpc) is 2.61. The van der Waals surface area contributed by atoms with Crippen molar-refractivity contribution >= 4 is 5.97 Å². The van der Waals surface area contributed by atoms with Crippen LogP contribution in [0.25, 0.3) is 0 Å². The van der Waals surface area contributed by atoms with Crippen LogP contribution in [0.15, 0.2) is 0 Å². The molecule has 0 N–H and O–H groups in total. The van der Waals surface area contributed by atoms with Crippen LogP contribution in [0.5, 0.6) is 0 Å². The number of esters is 1. The molecule has 1 unspecified atom stereocenters. The Bertz CT molecular complexity index is 253. The number of rotatable bonds is 0. The predicted octanol–water partition coefficient (Wildman–Crippen LogP) is 1.57. The average molecular weight is 197 g/mol. The van der Waals surface area contributed by atoms with Gasteiger partial charge in [0.05, 0.1) is 6.61 Å². The van der Waals surface area contributed by atoms with E-state index in [0.717, 1.165) is 25.8 Å². The zero-order chi connectivity index (χ0) is 10.4. The lowest BCUT2D eigenvalue weighted by Crippen LogP contribution is -2.55. The van der Waals surface area contributed by atoms with Gasteiger partial charge in [-0.05, 0) is 40.2 Å². The zero-order valence-electron chi connectivity index (χ0n) is 9.30. The second-order valence-electron chi connectivity index (χ2n) is 5.34. The third-order valence-corrected chi connectivity index (χ3v) is 3.43. The number of carbonyl (C=O) groups is 1. The van der Waals surface area contributed by atoms with Gasteiger partial charge in [0, 0.05) is 12.0 Å². The molecule has 0 aromatic heterocycles. The van der Waals surface area contributed by atoms with Crippen molar-refractivity contribution in [3.8, 4) is 0 Å². The molecular weight excluding hydrogens is 178 g/mol. The maximum Gasteiger partial charge on any atom is 0.326 e. The molecule has 14 heavy (non-hydrogen) atoms. The number of ether oxygens (including phenoxy) is 1. The molecule has 2 heterocycles. The first-order valence-corrected chi connectivity index (χ1v) is 5.42. The van der Waals surface area contributed by atoms with Gasteiger partial charge in [0.1, 0.15) is 5.54 Å². The van der Waals surface area contributed by atoms with E-state index in [9.17, 15) is 4.79 Å². The van der Waals surface area contributed by atoms with Gasteiger partial charge >= 0.3 is 5.97 Å². The van der Waals surface area contributed by atoms with Crippen LogP contribution < -0.4 is 0 Å². The SMILES string of the molecule is CC(C)(C)N1CCCC12CCOC2=O. The number of carbonyl (C=O) groups excluding carboxylic acids is 1. The van der Waals surface area contributed by atoms with Gasteiger partial charge in [-0.3, -0.25) is 9.69 Å². The number of nitrogens with zero attached hydrogens (tertiary/aromatic N) is 1. The van der Waals surface area contributed by atoms with Gasteiger partial charge < -0.3 is 4.74 Å². The predicted molar refractivity (Wildman–Crippen MR) is 54.0 cm³/mol. The number of hydrogen-bond acceptors (Lipinski definition) is 3. The Morgan fingerprint density at radius 2 is 2.07 bits per heavy atom. The van der Waals surface area contributed by atoms with Crippen LogP contribution in [0.4, 0.5) is 0 Å². The summed E-state index contributed by atoms with van der Waals surface area (Å²) in [6.45, 7) is 8.15. The molecule has 2 saturated heterocycles. The molecule has 2 rings (SSSR count). The maximum atomic E-state index is 11.8. The van der Waals surface area contributed by atoms with E-state index in [0.29, 0.717) is 6.61 Å². The zero-order valence-corrected chi connectivity index (χ0v) is 9.30. The van der Waals surface area contributed by atoms with Crippen LogP contribution in [-0.4, -0.2) is 35.1 Å². The summed E-state index contributed by atoms with van der Waals surface area (Å²) in [6, 6.07) is 0. The van der Waals surface area contributed by atoms with E-state index in [-0.39, 0.29) is 17.0 Å². The lowest BCUT2D eigenvalue weighted by Gasteiger charge is -2.41. The molecule has 2 aliphatic rings. The number of cyclic esters (lactones) is 1. The van der Waals surface area contributed by atoms with Crippen LogP contribution in [0.3, 0.4) is 0 Å². The summed E-state index contributed by atoms with van der Waals surface area (Å²) in [5, 5.41) is 0. The molecule has 1 atom stereocenters. The van der Waals surface area contributed by atoms with Gasteiger partial charge in [0.15, 0.2) is 0 Å². The van der Waals surface area contributed by atoms with Crippen LogP contribution in [-0.2, 0) is 9.53 Å². The molecule has 0 aliphatic carbocycles. The third-order valence-electron chi connectivity index (χ3n) is 3.43. The summed E-state index contributed by atoms with van der Waals surface area (Å²) in [7, 11) is 0. The van der Waals surface area contributed by atoms with Crippen molar-refractivity contribution in [1.82, 2.24) is 4.90 Å². The van der Waals surface area contributed by atoms with Crippen molar-refractivity contribution < 1.29 is 9.53 Å². The molecule has 0 radical (unpaired) electrons. The Balaban J connectivity index is 2.30. The van der Waals surface area contributed by atoms with E-state index in [1.807, 2.05) is 0 Å². The van der Waals surface area contributed by atoms with E-state index in [4.69, 9.17) is 4.74 Å². The topological polar surface area (TPSA) is 29.5 Å². The smallest absolute Gasteiger partial charge is 0.326 e. The third kappa shape index (κ3) is 1.26. The summed E-state index contributed by atoms with van der Waals surface area (Å²) < 4.78 is 5.14. The van der Waals surface area contributed by atoms with E-state index in [2.05, 4.69) is 25.7 Å². The van der Waals surface area contributed by atoms with Gasteiger partial charge in [-0.1, -0.05) is 0 Å². The van der Waals surface area contributed by atoms with E-state index in [1.165, 1.54) is 0 Å². The van der Waals surface area contributed by atoms with Gasteiger partial charge in [0.25, 0.3) is 0 Å². The first kappa shape index (κ1) is 9.97. The van der Waals surface area contributed by atoms with Crippen molar-refractivity contribution in [3.63, 3.8) is 0 Å². The van der Waals surface area contributed by atoms with Crippen LogP contribution in [0.2, 0.25) is 0 Å². The Labute approximate surface area is 85.4 Å². The van der Waals surface area contributed by atoms with Gasteiger partial charge in [-0.25, -0.2) is 0 Å². The summed E-state index contributed by atoms with van der Waals surface area (Å²) in [6.07, 6.45) is 2.97. The second-order valence-corrected chi connectivity index (χ2v) is 5.34. The highest BCUT2D eigenvalue weighted by molar-refractivity contribution is 5.83. The highest BCUT2D eigenvalue weighted by Crippen LogP contribution is 2.41. The minimum Gasteiger partial charge on any atom is -0.464 e. The number of likely N-dealkylation sites (tertiary alicyclic amines) is 1. The Hall–Kier alpha value is -0.570. The van der Waals surface area contributed by atoms with Gasteiger partial charge in [0.2, 0.25) is 0 Å². The molecule has 2 fully saturated rings. The highest BCUT2D eigenvalue weighted by atomic mass is 16.5. The Kier molecular flexibility index (Phi) is 2.11. The Morgan fingerprint density at radius 1 is 1.36 bits per heavy atom. The normalized spacial score (nSPS) is 34.1. The standard InChI is InChI=1S/C11H19NO2/c1-10(2,3)12-7-4-5-11(12)6-8-14-9(11)13/h4-8H2,1-3H3. The van der Waals surface area contributed by atoms with Crippen molar-refractivity contribution in [2.24, 2.45) is 0 Å². The van der Waals surface area contributed by atoms with E-state index >= 15 is 0 Å². The molecule has 3 nitrogen and oxygen atoms in total. The molecule has 0 bridgehead atoms. The van der Waals surface area contributed by atoms with E-state index in [1.54, 1.807) is 0 Å². The molecule has 0 saturated carbocycles. The molecule has 0 aromatic carbocycles. The molecule has 1 spiro atoms. The van der Waals surface area contributed by atoms with Crippen molar-refractivity contribution in [1.29, 1.82) is 0 Å². The summed E-state index contributed by atoms with van der Waals surface area (Å²) in [5.41, 5.74) is -0.210. The van der Waals surface area contributed by atoms with Gasteiger partial charge in [-0.2, -0.15) is 0 Å². The molecule has 3 heteroatoms. The minimum atomic E-state index is -0.280. The van der Waals surface area contributed by atoms with Crippen molar-refractivity contribution in [3.05, 3.63) is 0 Å². The van der Waals surface area contributed by atoms with Crippen molar-refractivity contribution in [2.75, 3.05) is 13.2 Å². The largest absolute Gasteiger partial charge is 0.464 e. The number of hydrogen-bond donors (Lipinski definition) is 0. The van der Waals surface area contributed by atoms with Crippen molar-refractivity contribution in [2.45, 2.75) is 51.1 Å². The molecule has 2 aliphatic heterocycles. The molecular formula is C11H19NO2. The van der Waals surface area contributed by atoms with Crippen LogP contribution in [0, 0.1) is 0 Å². The first-order chi connectivity index (χ1) is 6.47. The second kappa shape index (κ2) is 2.96. The molecule has 80 valence electrons. The lowest BCUT2D eigenvalue weighted by molar-refractivity contribution is -0.149. The maximum absolute atomic E-state index is 11.8. The fourth-order valence-electron chi connectivity index (χ4n) is 2.88. The molecule has 0 amide bonds. The fourth-order valence-corrected chi connectivity index (χ4v) is 2.88. The summed E-state index contributed by atoms with van der Waals surface area (Å²) >= 11 is 0. The first-order valence-electron chi connectivity index (χ1n) is 5.42. The fraction of sp³-hybridized carbons (Fsp3) is 0.909. The molecule has 0 aromatic rings. The van der Waals surface area contributed by atoms with Crippen LogP contribution >= 0.6 is 0 Å².